The Morgan fingerprint density at radius 1 is 0.952 bits per heavy atom. The fourth-order valence-electron chi connectivity index (χ4n) is 4.30. The Morgan fingerprint density at radius 3 is 2.17 bits per heavy atom. The molecule has 0 radical (unpaired) electrons. The van der Waals surface area contributed by atoms with Crippen LogP contribution in [0.25, 0.3) is 0 Å². The van der Waals surface area contributed by atoms with E-state index in [4.69, 9.17) is 21.1 Å². The van der Waals surface area contributed by atoms with Gasteiger partial charge in [-0.25, -0.2) is 8.42 Å². The first kappa shape index (κ1) is 32.8. The van der Waals surface area contributed by atoms with E-state index in [0.717, 1.165) is 15.4 Å². The summed E-state index contributed by atoms with van der Waals surface area (Å²) in [5, 5.41) is 3.32. The number of sulfonamides is 1. The van der Waals surface area contributed by atoms with Crippen molar-refractivity contribution < 1.29 is 27.5 Å². The molecule has 9 nitrogen and oxygen atoms in total. The monoisotopic (exact) mass is 615 g/mol. The van der Waals surface area contributed by atoms with Gasteiger partial charge in [-0.3, -0.25) is 13.9 Å². The van der Waals surface area contributed by atoms with Crippen molar-refractivity contribution >= 4 is 39.1 Å². The number of ether oxygens (including phenoxy) is 2. The first-order chi connectivity index (χ1) is 19.7. The summed E-state index contributed by atoms with van der Waals surface area (Å²) >= 11 is 6.09. The lowest BCUT2D eigenvalue weighted by Crippen LogP contribution is -2.54. The molecule has 0 aliphatic rings. The number of hydrogen-bond acceptors (Lipinski definition) is 6. The van der Waals surface area contributed by atoms with Crippen LogP contribution < -0.4 is 19.1 Å². The second kappa shape index (κ2) is 13.5. The predicted octanol–water partition coefficient (Wildman–Crippen LogP) is 5.19. The number of carbonyl (C=O) groups excluding carboxylic acids is 2. The number of benzene rings is 3. The third-order valence-electron chi connectivity index (χ3n) is 6.44. The highest BCUT2D eigenvalue weighted by atomic mass is 35.5. The molecule has 2 amide bonds. The first-order valence-corrected chi connectivity index (χ1v) is 15.2. The van der Waals surface area contributed by atoms with Gasteiger partial charge in [-0.05, 0) is 76.6 Å². The Balaban J connectivity index is 2.08. The number of nitrogens with one attached hydrogen (secondary N) is 1. The van der Waals surface area contributed by atoms with E-state index in [1.807, 2.05) is 52.0 Å². The molecule has 3 aromatic rings. The summed E-state index contributed by atoms with van der Waals surface area (Å²) in [6, 6.07) is 17.0. The lowest BCUT2D eigenvalue weighted by molar-refractivity contribution is -0.140. The molecule has 11 heteroatoms. The van der Waals surface area contributed by atoms with E-state index in [1.165, 1.54) is 49.5 Å². The largest absolute Gasteiger partial charge is 0.493 e. The third-order valence-corrected chi connectivity index (χ3v) is 8.46. The number of anilines is 1. The number of halogens is 1. The van der Waals surface area contributed by atoms with E-state index in [2.05, 4.69) is 5.32 Å². The zero-order valence-corrected chi connectivity index (χ0v) is 26.5. The summed E-state index contributed by atoms with van der Waals surface area (Å²) in [6.07, 6.45) is 0. The van der Waals surface area contributed by atoms with Crippen molar-refractivity contribution in [3.63, 3.8) is 0 Å². The van der Waals surface area contributed by atoms with Gasteiger partial charge in [0, 0.05) is 23.2 Å². The Hall–Kier alpha value is -3.76. The molecule has 0 spiro atoms. The molecular weight excluding hydrogens is 578 g/mol. The van der Waals surface area contributed by atoms with Crippen LogP contribution in [-0.4, -0.2) is 57.5 Å². The van der Waals surface area contributed by atoms with Crippen molar-refractivity contribution in [2.75, 3.05) is 25.1 Å². The van der Waals surface area contributed by atoms with Crippen LogP contribution in [0, 0.1) is 6.92 Å². The van der Waals surface area contributed by atoms with Gasteiger partial charge in [0.1, 0.15) is 12.6 Å². The van der Waals surface area contributed by atoms with Gasteiger partial charge in [-0.15, -0.1) is 0 Å². The lowest BCUT2D eigenvalue weighted by atomic mass is 10.1. The van der Waals surface area contributed by atoms with Crippen LogP contribution in [0.1, 0.15) is 38.8 Å². The SMILES string of the molecule is COc1ccc(S(=O)(=O)N(CC(=O)N(Cc2cccc(C)c2)C(C)C(=O)NC(C)(C)C)c2ccc(Cl)cc2)cc1OC. The second-order valence-corrected chi connectivity index (χ2v) is 13.2. The van der Waals surface area contributed by atoms with Crippen LogP contribution in [0.5, 0.6) is 11.5 Å². The number of carbonyl (C=O) groups is 2. The molecule has 0 bridgehead atoms. The zero-order valence-electron chi connectivity index (χ0n) is 25.0. The van der Waals surface area contributed by atoms with Crippen molar-refractivity contribution in [2.45, 2.75) is 57.6 Å². The van der Waals surface area contributed by atoms with Gasteiger partial charge in [0.15, 0.2) is 11.5 Å². The van der Waals surface area contributed by atoms with E-state index >= 15 is 0 Å². The number of aryl methyl sites for hydroxylation is 1. The van der Waals surface area contributed by atoms with E-state index in [9.17, 15) is 18.0 Å². The molecule has 226 valence electrons. The maximum Gasteiger partial charge on any atom is 0.264 e. The minimum atomic E-state index is -4.30. The second-order valence-electron chi connectivity index (χ2n) is 10.9. The molecular formula is C31H38ClN3O6S. The normalized spacial score (nSPS) is 12.3. The average Bonchev–Trinajstić information content (AvgIpc) is 2.93. The van der Waals surface area contributed by atoms with Crippen molar-refractivity contribution in [2.24, 2.45) is 0 Å². The van der Waals surface area contributed by atoms with Crippen LogP contribution >= 0.6 is 11.6 Å². The molecule has 0 aromatic heterocycles. The van der Waals surface area contributed by atoms with Gasteiger partial charge in [-0.1, -0.05) is 41.4 Å². The standard InChI is InChI=1S/C31H38ClN3O6S/c1-21-9-8-10-23(17-21)19-34(22(2)30(37)33-31(3,4)5)29(36)20-35(25-13-11-24(32)12-14-25)42(38,39)26-15-16-27(40-6)28(18-26)41-7/h8-18,22H,19-20H2,1-7H3,(H,33,37). The third kappa shape index (κ3) is 8.17. The summed E-state index contributed by atoms with van der Waals surface area (Å²) in [5.41, 5.74) is 1.49. The van der Waals surface area contributed by atoms with Gasteiger partial charge in [-0.2, -0.15) is 0 Å². The van der Waals surface area contributed by atoms with Gasteiger partial charge in [0.25, 0.3) is 10.0 Å². The first-order valence-electron chi connectivity index (χ1n) is 13.3. The Kier molecular flexibility index (Phi) is 10.5. The smallest absolute Gasteiger partial charge is 0.264 e. The van der Waals surface area contributed by atoms with E-state index in [-0.39, 0.29) is 28.8 Å². The zero-order chi connectivity index (χ0) is 31.2. The van der Waals surface area contributed by atoms with Gasteiger partial charge < -0.3 is 19.7 Å². The average molecular weight is 616 g/mol. The van der Waals surface area contributed by atoms with Crippen molar-refractivity contribution in [3.8, 4) is 11.5 Å². The number of amides is 2. The Bertz CT molecular complexity index is 1520. The summed E-state index contributed by atoms with van der Waals surface area (Å²) in [5.74, 6) is -0.348. The fraction of sp³-hybridized carbons (Fsp3) is 0.355. The molecule has 0 fully saturated rings. The van der Waals surface area contributed by atoms with Crippen molar-refractivity contribution in [1.82, 2.24) is 10.2 Å². The molecule has 0 aliphatic heterocycles. The van der Waals surface area contributed by atoms with Crippen LogP contribution in [0.3, 0.4) is 0 Å². The summed E-state index contributed by atoms with van der Waals surface area (Å²) in [4.78, 5) is 28.6. The van der Waals surface area contributed by atoms with Crippen LogP contribution in [0.4, 0.5) is 5.69 Å². The fourth-order valence-corrected chi connectivity index (χ4v) is 5.86. The van der Waals surface area contributed by atoms with Crippen LogP contribution in [0.15, 0.2) is 71.6 Å². The molecule has 1 atom stereocenters. The molecule has 42 heavy (non-hydrogen) atoms. The number of nitrogens with zero attached hydrogens (tertiary/aromatic N) is 2. The highest BCUT2D eigenvalue weighted by Gasteiger charge is 2.33. The lowest BCUT2D eigenvalue weighted by Gasteiger charge is -2.33. The minimum Gasteiger partial charge on any atom is -0.493 e. The molecule has 0 saturated heterocycles. The van der Waals surface area contributed by atoms with Crippen molar-refractivity contribution in [3.05, 3.63) is 82.9 Å². The van der Waals surface area contributed by atoms with Crippen LogP contribution in [-0.2, 0) is 26.2 Å². The predicted molar refractivity (Wildman–Crippen MR) is 165 cm³/mol. The summed E-state index contributed by atoms with van der Waals surface area (Å²) in [7, 11) is -1.45. The van der Waals surface area contributed by atoms with E-state index < -0.39 is 34.1 Å². The number of methoxy groups -OCH3 is 2. The molecule has 0 heterocycles. The molecule has 1 unspecified atom stereocenters. The number of hydrogen-bond donors (Lipinski definition) is 1. The van der Waals surface area contributed by atoms with Gasteiger partial charge in [0.2, 0.25) is 11.8 Å². The molecule has 0 aliphatic carbocycles. The Morgan fingerprint density at radius 2 is 1.60 bits per heavy atom. The van der Waals surface area contributed by atoms with Crippen molar-refractivity contribution in [1.29, 1.82) is 0 Å². The summed E-state index contributed by atoms with van der Waals surface area (Å²) < 4.78 is 39.8. The molecule has 3 aromatic carbocycles. The molecule has 3 rings (SSSR count). The van der Waals surface area contributed by atoms with Gasteiger partial charge >= 0.3 is 0 Å². The maximum absolute atomic E-state index is 14.1. The quantitative estimate of drug-likeness (QED) is 0.318. The van der Waals surface area contributed by atoms with E-state index in [1.54, 1.807) is 19.1 Å². The van der Waals surface area contributed by atoms with E-state index in [0.29, 0.717) is 10.8 Å². The highest BCUT2D eigenvalue weighted by molar-refractivity contribution is 7.92. The molecule has 1 N–H and O–H groups in total. The van der Waals surface area contributed by atoms with Crippen LogP contribution in [0.2, 0.25) is 5.02 Å². The number of rotatable bonds is 11. The maximum atomic E-state index is 14.1. The Labute approximate surface area is 253 Å². The highest BCUT2D eigenvalue weighted by Crippen LogP contribution is 2.32. The molecule has 0 saturated carbocycles. The topological polar surface area (TPSA) is 105 Å². The minimum absolute atomic E-state index is 0.101. The summed E-state index contributed by atoms with van der Waals surface area (Å²) in [6.45, 7) is 8.64. The van der Waals surface area contributed by atoms with Gasteiger partial charge in [0.05, 0.1) is 24.8 Å².